The predicted molar refractivity (Wildman–Crippen MR) is 177 cm³/mol. The van der Waals surface area contributed by atoms with E-state index in [1.165, 1.54) is 18.6 Å². The number of nitrogens with zero attached hydrogens (tertiary/aromatic N) is 3. The number of rotatable bonds is 17. The first-order valence-corrected chi connectivity index (χ1v) is 18.7. The first-order chi connectivity index (χ1) is 22.8. The number of carbonyl (C=O) groups is 3. The van der Waals surface area contributed by atoms with E-state index in [1.54, 1.807) is 0 Å². The molecule has 3 amide bonds. The lowest BCUT2D eigenvalue weighted by Gasteiger charge is -2.32. The minimum absolute atomic E-state index is 0.0658. The van der Waals surface area contributed by atoms with E-state index in [1.807, 2.05) is 49.5 Å². The molecule has 1 aliphatic rings. The average molecular weight is 709 g/mol. The van der Waals surface area contributed by atoms with Gasteiger partial charge in [0.1, 0.15) is 11.7 Å². The number of nitrogens with one attached hydrogen (secondary N) is 3. The van der Waals surface area contributed by atoms with Gasteiger partial charge in [0.15, 0.2) is 0 Å². The summed E-state index contributed by atoms with van der Waals surface area (Å²) in [4.78, 5) is 76.2. The van der Waals surface area contributed by atoms with Crippen LogP contribution in [0.25, 0.3) is 0 Å². The molecule has 1 aromatic carbocycles. The highest BCUT2D eigenvalue weighted by molar-refractivity contribution is 7.65. The summed E-state index contributed by atoms with van der Waals surface area (Å²) in [7, 11) is -8.98. The summed E-state index contributed by atoms with van der Waals surface area (Å²) in [6, 6.07) is 8.45. The van der Waals surface area contributed by atoms with E-state index in [0.29, 0.717) is 52.1 Å². The van der Waals surface area contributed by atoms with Crippen LogP contribution in [0.2, 0.25) is 0 Å². The summed E-state index contributed by atoms with van der Waals surface area (Å²) in [6.45, 7) is 6.38. The molecule has 0 spiro atoms. The van der Waals surface area contributed by atoms with E-state index in [0.717, 1.165) is 5.56 Å². The number of benzene rings is 1. The first kappa shape index (κ1) is 39.3. The summed E-state index contributed by atoms with van der Waals surface area (Å²) >= 11 is 0. The number of carbonyl (C=O) groups excluding carboxylic acids is 3. The van der Waals surface area contributed by atoms with Crippen molar-refractivity contribution in [1.82, 2.24) is 30.8 Å². The van der Waals surface area contributed by atoms with E-state index < -0.39 is 52.1 Å². The van der Waals surface area contributed by atoms with Crippen LogP contribution in [-0.2, 0) is 34.4 Å². The zero-order valence-corrected chi connectivity index (χ0v) is 28.8. The van der Waals surface area contributed by atoms with E-state index in [-0.39, 0.29) is 30.4 Å². The Morgan fingerprint density at radius 3 is 2.31 bits per heavy atom. The van der Waals surface area contributed by atoms with Crippen molar-refractivity contribution in [3.05, 3.63) is 60.2 Å². The van der Waals surface area contributed by atoms with Gasteiger partial charge in [-0.1, -0.05) is 44.2 Å². The highest BCUT2D eigenvalue weighted by Crippen LogP contribution is 2.49. The van der Waals surface area contributed by atoms with Crippen LogP contribution >= 0.6 is 15.6 Å². The molecule has 1 saturated heterocycles. The zero-order chi connectivity index (χ0) is 35.1. The van der Waals surface area contributed by atoms with Gasteiger partial charge in [-0.25, -0.2) is 4.98 Å². The van der Waals surface area contributed by atoms with Crippen LogP contribution in [0.15, 0.2) is 48.9 Å². The standard InChI is InChI=1S/C29H43BN6O10P2/c1-21(2)18-25(34-27(38)23(19-22-8-4-3-5-9-22)33-28(39)24-20-31-11-12-32-24)30-45-16-14-36(15-17-46-30)13-7-6-10-26(37)35-29(47(40)41)48(42,43)44/h3-5,8-9,11-12,20-21,23,25,29H,6-7,10,13-19H2,1-2H3,(H5-,33,34,35,37,38,39,40,41,42,43,44)/p+1/t23-,25+,29?/m1/s1. The maximum Gasteiger partial charge on any atom is 0.544 e. The molecule has 16 nitrogen and oxygen atoms in total. The molecule has 1 aromatic heterocycles. The van der Waals surface area contributed by atoms with E-state index in [2.05, 4.69) is 25.5 Å². The second-order valence-electron chi connectivity index (χ2n) is 11.8. The number of hydrogen-bond donors (Lipinski definition) is 6. The van der Waals surface area contributed by atoms with Crippen molar-refractivity contribution in [1.29, 1.82) is 0 Å². The van der Waals surface area contributed by atoms with Crippen LogP contribution in [0, 0.1) is 5.92 Å². The topological polar surface area (TPSA) is 230 Å². The fourth-order valence-corrected chi connectivity index (χ4v) is 6.65. The smallest absolute Gasteiger partial charge is 0.408 e. The Bertz CT molecular complexity index is 1380. The van der Waals surface area contributed by atoms with Gasteiger partial charge in [-0.05, 0) is 41.9 Å². The van der Waals surface area contributed by atoms with Gasteiger partial charge in [-0.15, -0.1) is 0 Å². The molecule has 2 aromatic rings. The number of amides is 3. The number of unbranched alkanes of at least 4 members (excludes halogenated alkanes) is 1. The Morgan fingerprint density at radius 2 is 1.73 bits per heavy atom. The minimum Gasteiger partial charge on any atom is -0.408 e. The van der Waals surface area contributed by atoms with Crippen molar-refractivity contribution >= 4 is 40.5 Å². The largest absolute Gasteiger partial charge is 0.544 e. The third kappa shape index (κ3) is 13.8. The van der Waals surface area contributed by atoms with Crippen LogP contribution in [0.3, 0.4) is 0 Å². The van der Waals surface area contributed by atoms with Crippen molar-refractivity contribution < 1.29 is 47.5 Å². The summed E-state index contributed by atoms with van der Waals surface area (Å²) in [5, 5.41) is 7.81. The Kier molecular flexibility index (Phi) is 16.2. The van der Waals surface area contributed by atoms with Gasteiger partial charge in [0.05, 0.1) is 12.1 Å². The summed E-state index contributed by atoms with van der Waals surface area (Å²) in [5.74, 6) is -1.94. The molecule has 48 heavy (non-hydrogen) atoms. The highest BCUT2D eigenvalue weighted by atomic mass is 31.2. The van der Waals surface area contributed by atoms with Gasteiger partial charge < -0.3 is 29.7 Å². The van der Waals surface area contributed by atoms with E-state index >= 15 is 0 Å². The summed E-state index contributed by atoms with van der Waals surface area (Å²) in [5.41, 5.74) is -1.17. The van der Waals surface area contributed by atoms with Gasteiger partial charge in [0.2, 0.25) is 11.8 Å². The summed E-state index contributed by atoms with van der Waals surface area (Å²) in [6.07, 6.45) is 5.91. The van der Waals surface area contributed by atoms with Gasteiger partial charge >= 0.3 is 28.3 Å². The molecular weight excluding hydrogens is 665 g/mol. The van der Waals surface area contributed by atoms with Crippen LogP contribution in [0.5, 0.6) is 0 Å². The van der Waals surface area contributed by atoms with Crippen molar-refractivity contribution in [2.75, 3.05) is 32.8 Å². The van der Waals surface area contributed by atoms with Crippen molar-refractivity contribution in [2.24, 2.45) is 5.92 Å². The fraction of sp³-hybridized carbons (Fsp3) is 0.552. The van der Waals surface area contributed by atoms with E-state index in [9.17, 15) is 23.5 Å². The van der Waals surface area contributed by atoms with Gasteiger partial charge in [0.25, 0.3) is 5.91 Å². The third-order valence-electron chi connectivity index (χ3n) is 7.41. The SMILES string of the molecule is CC(C)C[C@H](NC(=O)[C@@H](Cc1ccccc1)NC(=O)c1cnccn1)B1OCCN(CCCCC(=O)NC([P+](=O)O)P(=O)(O)O)CCO1. The monoisotopic (exact) mass is 709 g/mol. The van der Waals surface area contributed by atoms with Crippen LogP contribution in [0.1, 0.15) is 55.6 Å². The maximum atomic E-state index is 13.7. The lowest BCUT2D eigenvalue weighted by molar-refractivity contribution is -0.123. The number of aromatic nitrogens is 2. The molecular formula is C29H44BN6O10P2+. The summed E-state index contributed by atoms with van der Waals surface area (Å²) < 4.78 is 34.7. The molecule has 0 saturated carbocycles. The second-order valence-corrected chi connectivity index (χ2v) is 15.0. The maximum absolute atomic E-state index is 13.7. The molecule has 2 heterocycles. The molecule has 262 valence electrons. The molecule has 0 bridgehead atoms. The van der Waals surface area contributed by atoms with Gasteiger partial charge in [0, 0.05) is 51.5 Å². The molecule has 19 heteroatoms. The lowest BCUT2D eigenvalue weighted by atomic mass is 9.73. The Labute approximate surface area is 281 Å². The minimum atomic E-state index is -4.97. The van der Waals surface area contributed by atoms with E-state index in [4.69, 9.17) is 24.0 Å². The molecule has 0 aliphatic carbocycles. The van der Waals surface area contributed by atoms with Crippen molar-refractivity contribution in [3.63, 3.8) is 0 Å². The lowest BCUT2D eigenvalue weighted by Crippen LogP contribution is -2.57. The predicted octanol–water partition coefficient (Wildman–Crippen LogP) is 1.21. The Balaban J connectivity index is 1.54. The van der Waals surface area contributed by atoms with Crippen molar-refractivity contribution in [3.8, 4) is 0 Å². The zero-order valence-electron chi connectivity index (χ0n) is 27.0. The number of hydrogen-bond acceptors (Lipinski definition) is 10. The fourth-order valence-electron chi connectivity index (χ4n) is 5.05. The van der Waals surface area contributed by atoms with Crippen molar-refractivity contribution in [2.45, 2.75) is 63.5 Å². The highest BCUT2D eigenvalue weighted by Gasteiger charge is 2.46. The van der Waals surface area contributed by atoms with Crippen LogP contribution in [-0.4, -0.2) is 105 Å². The average Bonchev–Trinajstić information content (AvgIpc) is 3.02. The molecule has 0 radical (unpaired) electrons. The quantitative estimate of drug-likeness (QED) is 0.0772. The molecule has 6 N–H and O–H groups in total. The van der Waals surface area contributed by atoms with Crippen LogP contribution < -0.4 is 16.0 Å². The third-order valence-corrected chi connectivity index (χ3v) is 10.2. The van der Waals surface area contributed by atoms with Gasteiger partial charge in [-0.3, -0.25) is 34.1 Å². The molecule has 1 fully saturated rings. The molecule has 1 aliphatic heterocycles. The second kappa shape index (κ2) is 19.8. The van der Waals surface area contributed by atoms with Gasteiger partial charge in [-0.2, -0.15) is 4.89 Å². The molecule has 4 atom stereocenters. The molecule has 2 unspecified atom stereocenters. The first-order valence-electron chi connectivity index (χ1n) is 15.7. The Morgan fingerprint density at radius 1 is 1.04 bits per heavy atom. The van der Waals surface area contributed by atoms with Crippen LogP contribution in [0.4, 0.5) is 0 Å². The molecule has 3 rings (SSSR count). The normalized spacial score (nSPS) is 16.6. The Hall–Kier alpha value is -3.14.